The number of carbonyl (C=O) groups is 1. The van der Waals surface area contributed by atoms with Crippen LogP contribution in [-0.2, 0) is 0 Å². The molecule has 0 aliphatic heterocycles. The highest BCUT2D eigenvalue weighted by atomic mass is 35.5. The summed E-state index contributed by atoms with van der Waals surface area (Å²) >= 11 is 7.48. The first kappa shape index (κ1) is 15.1. The minimum absolute atomic E-state index is 0.0158. The van der Waals surface area contributed by atoms with E-state index in [9.17, 15) is 4.79 Å². The van der Waals surface area contributed by atoms with Crippen molar-refractivity contribution in [1.82, 2.24) is 4.98 Å². The van der Waals surface area contributed by atoms with Gasteiger partial charge in [0.1, 0.15) is 5.82 Å². The van der Waals surface area contributed by atoms with E-state index in [1.165, 1.54) is 24.0 Å². The molecule has 0 aromatic carbocycles. The fourth-order valence-corrected chi connectivity index (χ4v) is 2.25. The Morgan fingerprint density at radius 2 is 2.33 bits per heavy atom. The van der Waals surface area contributed by atoms with Crippen LogP contribution in [0.25, 0.3) is 0 Å². The number of hydrogen-bond acceptors (Lipinski definition) is 5. The zero-order valence-electron chi connectivity index (χ0n) is 10.1. The van der Waals surface area contributed by atoms with E-state index >= 15 is 0 Å². The summed E-state index contributed by atoms with van der Waals surface area (Å²) in [5, 5.41) is 21.3. The molecule has 2 atom stereocenters. The number of aromatic nitrogens is 1. The summed E-state index contributed by atoms with van der Waals surface area (Å²) in [7, 11) is 0. The zero-order chi connectivity index (χ0) is 13.7. The molecule has 0 saturated heterocycles. The quantitative estimate of drug-likeness (QED) is 0.743. The molecule has 18 heavy (non-hydrogen) atoms. The number of anilines is 1. The van der Waals surface area contributed by atoms with Crippen LogP contribution in [0.4, 0.5) is 5.82 Å². The van der Waals surface area contributed by atoms with Crippen molar-refractivity contribution in [2.75, 3.05) is 18.2 Å². The van der Waals surface area contributed by atoms with Gasteiger partial charge in [0, 0.05) is 17.5 Å². The first-order valence-electron chi connectivity index (χ1n) is 5.28. The van der Waals surface area contributed by atoms with Gasteiger partial charge in [-0.2, -0.15) is 11.8 Å². The van der Waals surface area contributed by atoms with Gasteiger partial charge in [-0.15, -0.1) is 0 Å². The summed E-state index contributed by atoms with van der Waals surface area (Å²) < 4.78 is 0. The number of nitrogens with zero attached hydrogens (tertiary/aromatic N) is 1. The molecule has 100 valence electrons. The molecule has 7 heteroatoms. The number of halogens is 1. The number of aliphatic hydroxyl groups excluding tert-OH is 1. The van der Waals surface area contributed by atoms with Crippen LogP contribution < -0.4 is 5.32 Å². The van der Waals surface area contributed by atoms with Crippen LogP contribution in [0.5, 0.6) is 0 Å². The molecule has 0 spiro atoms. The van der Waals surface area contributed by atoms with Crippen molar-refractivity contribution in [3.8, 4) is 0 Å². The van der Waals surface area contributed by atoms with Crippen molar-refractivity contribution in [2.24, 2.45) is 0 Å². The van der Waals surface area contributed by atoms with Crippen LogP contribution in [0.15, 0.2) is 12.3 Å². The van der Waals surface area contributed by atoms with E-state index in [4.69, 9.17) is 21.8 Å². The van der Waals surface area contributed by atoms with Crippen LogP contribution in [0.1, 0.15) is 17.3 Å². The second kappa shape index (κ2) is 6.82. The fourth-order valence-electron chi connectivity index (χ4n) is 1.41. The molecule has 1 rings (SSSR count). The molecule has 0 fully saturated rings. The van der Waals surface area contributed by atoms with Gasteiger partial charge in [0.25, 0.3) is 0 Å². The van der Waals surface area contributed by atoms with Crippen LogP contribution in [-0.4, -0.2) is 45.3 Å². The molecule has 2 unspecified atom stereocenters. The zero-order valence-corrected chi connectivity index (χ0v) is 11.6. The lowest BCUT2D eigenvalue weighted by atomic mass is 10.2. The number of aromatic carboxylic acids is 1. The molecule has 1 aromatic heterocycles. The van der Waals surface area contributed by atoms with Crippen LogP contribution in [0, 0.1) is 0 Å². The lowest BCUT2D eigenvalue weighted by Crippen LogP contribution is -2.31. The molecular formula is C11H15ClN2O3S. The molecule has 3 N–H and O–H groups in total. The lowest BCUT2D eigenvalue weighted by molar-refractivity contribution is 0.0696. The average Bonchev–Trinajstić information content (AvgIpc) is 2.33. The summed E-state index contributed by atoms with van der Waals surface area (Å²) in [5.74, 6) is -0.650. The smallest absolute Gasteiger partial charge is 0.337 e. The van der Waals surface area contributed by atoms with Crippen molar-refractivity contribution in [1.29, 1.82) is 0 Å². The van der Waals surface area contributed by atoms with Gasteiger partial charge in [-0.3, -0.25) is 0 Å². The Balaban J connectivity index is 2.82. The largest absolute Gasteiger partial charge is 0.478 e. The van der Waals surface area contributed by atoms with E-state index in [0.29, 0.717) is 5.82 Å². The molecule has 1 aromatic rings. The Morgan fingerprint density at radius 1 is 1.67 bits per heavy atom. The number of rotatable bonds is 6. The summed E-state index contributed by atoms with van der Waals surface area (Å²) in [6.45, 7) is 1.95. The SMILES string of the molecule is CSC(CO)C(C)Nc1ncc(C(=O)O)cc1Cl. The number of aliphatic hydroxyl groups is 1. The minimum Gasteiger partial charge on any atom is -0.478 e. The Labute approximate surface area is 115 Å². The number of hydrogen-bond donors (Lipinski definition) is 3. The summed E-state index contributed by atoms with van der Waals surface area (Å²) in [6.07, 6.45) is 3.15. The van der Waals surface area contributed by atoms with Gasteiger partial charge in [-0.25, -0.2) is 9.78 Å². The molecule has 0 aliphatic rings. The van der Waals surface area contributed by atoms with E-state index in [1.54, 1.807) is 0 Å². The summed E-state index contributed by atoms with van der Waals surface area (Å²) in [6, 6.07) is 1.31. The third kappa shape index (κ3) is 3.76. The first-order chi connectivity index (χ1) is 8.49. The molecule has 0 bridgehead atoms. The Morgan fingerprint density at radius 3 is 2.78 bits per heavy atom. The summed E-state index contributed by atoms with van der Waals surface area (Å²) in [5.41, 5.74) is 0.0433. The van der Waals surface area contributed by atoms with Gasteiger partial charge in [-0.1, -0.05) is 11.6 Å². The number of carboxylic acids is 1. The predicted octanol–water partition coefficient (Wildman–Crippen LogP) is 1.96. The Hall–Kier alpha value is -0.980. The van der Waals surface area contributed by atoms with Gasteiger partial charge in [0.2, 0.25) is 0 Å². The van der Waals surface area contributed by atoms with Crippen molar-refractivity contribution >= 4 is 35.1 Å². The maximum atomic E-state index is 10.7. The van der Waals surface area contributed by atoms with E-state index in [-0.39, 0.29) is 28.5 Å². The van der Waals surface area contributed by atoms with E-state index < -0.39 is 5.97 Å². The van der Waals surface area contributed by atoms with E-state index in [0.717, 1.165) is 0 Å². The van der Waals surface area contributed by atoms with Gasteiger partial charge >= 0.3 is 5.97 Å². The van der Waals surface area contributed by atoms with Gasteiger partial charge in [0.15, 0.2) is 0 Å². The number of pyridine rings is 1. The number of carboxylic acid groups (broad SMARTS) is 1. The predicted molar refractivity (Wildman–Crippen MR) is 73.7 cm³/mol. The maximum absolute atomic E-state index is 10.7. The molecule has 0 amide bonds. The van der Waals surface area contributed by atoms with Crippen molar-refractivity contribution in [3.63, 3.8) is 0 Å². The molecule has 0 aliphatic carbocycles. The first-order valence-corrected chi connectivity index (χ1v) is 6.95. The second-order valence-electron chi connectivity index (χ2n) is 3.75. The molecule has 5 nitrogen and oxygen atoms in total. The van der Waals surface area contributed by atoms with Gasteiger partial charge in [0.05, 0.1) is 17.2 Å². The number of nitrogens with one attached hydrogen (secondary N) is 1. The number of thioether (sulfide) groups is 1. The van der Waals surface area contributed by atoms with E-state index in [2.05, 4.69) is 10.3 Å². The highest BCUT2D eigenvalue weighted by molar-refractivity contribution is 7.99. The molecule has 0 radical (unpaired) electrons. The Bertz CT molecular complexity index is 427. The fraction of sp³-hybridized carbons (Fsp3) is 0.455. The van der Waals surface area contributed by atoms with Crippen LogP contribution in [0.3, 0.4) is 0 Å². The monoisotopic (exact) mass is 290 g/mol. The highest BCUT2D eigenvalue weighted by Crippen LogP contribution is 2.23. The van der Waals surface area contributed by atoms with Gasteiger partial charge < -0.3 is 15.5 Å². The average molecular weight is 291 g/mol. The molecule has 0 saturated carbocycles. The van der Waals surface area contributed by atoms with Gasteiger partial charge in [-0.05, 0) is 19.2 Å². The van der Waals surface area contributed by atoms with Crippen molar-refractivity contribution in [3.05, 3.63) is 22.8 Å². The summed E-state index contributed by atoms with van der Waals surface area (Å²) in [4.78, 5) is 14.7. The topological polar surface area (TPSA) is 82.5 Å². The van der Waals surface area contributed by atoms with E-state index in [1.807, 2.05) is 13.2 Å². The van der Waals surface area contributed by atoms with Crippen molar-refractivity contribution in [2.45, 2.75) is 18.2 Å². The Kier molecular flexibility index (Phi) is 5.71. The van der Waals surface area contributed by atoms with Crippen LogP contribution in [0.2, 0.25) is 5.02 Å². The second-order valence-corrected chi connectivity index (χ2v) is 5.23. The normalized spacial score (nSPS) is 14.0. The van der Waals surface area contributed by atoms with Crippen molar-refractivity contribution < 1.29 is 15.0 Å². The maximum Gasteiger partial charge on any atom is 0.337 e. The highest BCUT2D eigenvalue weighted by Gasteiger charge is 2.17. The third-order valence-electron chi connectivity index (χ3n) is 2.49. The third-order valence-corrected chi connectivity index (χ3v) is 3.94. The van der Waals surface area contributed by atoms with Crippen LogP contribution >= 0.6 is 23.4 Å². The lowest BCUT2D eigenvalue weighted by Gasteiger charge is -2.22. The molecular weight excluding hydrogens is 276 g/mol. The minimum atomic E-state index is -1.07. The molecule has 1 heterocycles. The standard InChI is InChI=1S/C11H15ClN2O3S/c1-6(9(5-15)18-2)14-10-8(12)3-7(4-13-10)11(16)17/h3-4,6,9,15H,5H2,1-2H3,(H,13,14)(H,16,17).